The van der Waals surface area contributed by atoms with Crippen molar-refractivity contribution < 1.29 is 14.0 Å². The minimum absolute atomic E-state index is 0.0625. The molecule has 1 unspecified atom stereocenters. The number of hydrogen-bond acceptors (Lipinski definition) is 5. The van der Waals surface area contributed by atoms with Gasteiger partial charge in [-0.05, 0) is 45.0 Å². The molecule has 2 aliphatic rings. The van der Waals surface area contributed by atoms with Crippen LogP contribution in [0.15, 0.2) is 22.8 Å². The summed E-state index contributed by atoms with van der Waals surface area (Å²) >= 11 is 0. The van der Waals surface area contributed by atoms with Crippen molar-refractivity contribution in [3.05, 3.63) is 24.2 Å². The lowest BCUT2D eigenvalue weighted by atomic mass is 9.95. The first-order chi connectivity index (χ1) is 13.1. The highest BCUT2D eigenvalue weighted by Gasteiger charge is 2.37. The highest BCUT2D eigenvalue weighted by Crippen LogP contribution is 2.31. The zero-order valence-electron chi connectivity index (χ0n) is 16.5. The normalized spacial score (nSPS) is 20.2. The van der Waals surface area contributed by atoms with Crippen molar-refractivity contribution in [1.82, 2.24) is 20.0 Å². The Balaban J connectivity index is 1.58. The molecule has 2 fully saturated rings. The van der Waals surface area contributed by atoms with Crippen LogP contribution in [0.5, 0.6) is 0 Å². The number of amides is 2. The summed E-state index contributed by atoms with van der Waals surface area (Å²) in [6.07, 6.45) is 6.19. The number of rotatable bonds is 7. The first kappa shape index (κ1) is 19.9. The molecular weight excluding hydrogens is 344 g/mol. The van der Waals surface area contributed by atoms with E-state index in [-0.39, 0.29) is 17.9 Å². The van der Waals surface area contributed by atoms with Crippen LogP contribution >= 0.6 is 0 Å². The summed E-state index contributed by atoms with van der Waals surface area (Å²) in [5, 5.41) is 3.13. The molecule has 0 radical (unpaired) electrons. The maximum atomic E-state index is 12.9. The van der Waals surface area contributed by atoms with E-state index in [1.807, 2.05) is 19.0 Å². The van der Waals surface area contributed by atoms with Crippen molar-refractivity contribution >= 4 is 11.8 Å². The Hall–Kier alpha value is -1.86. The van der Waals surface area contributed by atoms with Gasteiger partial charge in [-0.25, -0.2) is 0 Å². The molecule has 1 aliphatic heterocycles. The van der Waals surface area contributed by atoms with Crippen LogP contribution in [0.4, 0.5) is 0 Å². The van der Waals surface area contributed by atoms with Gasteiger partial charge in [-0.3, -0.25) is 14.5 Å². The minimum atomic E-state index is -0.0736. The minimum Gasteiger partial charge on any atom is -0.459 e. The molecule has 150 valence electrons. The summed E-state index contributed by atoms with van der Waals surface area (Å²) in [5.41, 5.74) is 0. The SMILES string of the molecule is CN(C)CCNC(=O)C(C1CCCC1)N1CCN(C(=O)c2ccco2)CC1. The highest BCUT2D eigenvalue weighted by atomic mass is 16.3. The predicted molar refractivity (Wildman–Crippen MR) is 103 cm³/mol. The van der Waals surface area contributed by atoms with Crippen molar-refractivity contribution in [3.8, 4) is 0 Å². The van der Waals surface area contributed by atoms with E-state index in [1.54, 1.807) is 12.1 Å². The Labute approximate surface area is 161 Å². The van der Waals surface area contributed by atoms with Crippen molar-refractivity contribution in [2.75, 3.05) is 53.4 Å². The lowest BCUT2D eigenvalue weighted by Crippen LogP contribution is -2.58. The van der Waals surface area contributed by atoms with Crippen molar-refractivity contribution in [2.45, 2.75) is 31.7 Å². The molecule has 1 aromatic heterocycles. The molecule has 1 saturated carbocycles. The number of hydrogen-bond donors (Lipinski definition) is 1. The molecule has 7 nitrogen and oxygen atoms in total. The van der Waals surface area contributed by atoms with Crippen LogP contribution < -0.4 is 5.32 Å². The fourth-order valence-electron chi connectivity index (χ4n) is 4.22. The molecule has 1 N–H and O–H groups in total. The zero-order chi connectivity index (χ0) is 19.2. The van der Waals surface area contributed by atoms with E-state index in [0.717, 1.165) is 32.5 Å². The van der Waals surface area contributed by atoms with Gasteiger partial charge in [-0.1, -0.05) is 12.8 Å². The fourth-order valence-corrected chi connectivity index (χ4v) is 4.22. The smallest absolute Gasteiger partial charge is 0.289 e. The van der Waals surface area contributed by atoms with Crippen LogP contribution in [0.1, 0.15) is 36.2 Å². The van der Waals surface area contributed by atoms with Gasteiger partial charge in [-0.15, -0.1) is 0 Å². The molecule has 2 heterocycles. The van der Waals surface area contributed by atoms with Gasteiger partial charge < -0.3 is 19.5 Å². The Morgan fingerprint density at radius 1 is 1.22 bits per heavy atom. The van der Waals surface area contributed by atoms with E-state index >= 15 is 0 Å². The first-order valence-corrected chi connectivity index (χ1v) is 10.1. The second-order valence-electron chi connectivity index (χ2n) is 7.89. The molecular formula is C20H32N4O3. The zero-order valence-corrected chi connectivity index (χ0v) is 16.5. The third-order valence-electron chi connectivity index (χ3n) is 5.70. The van der Waals surface area contributed by atoms with Gasteiger partial charge in [0.25, 0.3) is 5.91 Å². The summed E-state index contributed by atoms with van der Waals surface area (Å²) in [5.74, 6) is 0.899. The lowest BCUT2D eigenvalue weighted by Gasteiger charge is -2.40. The number of furan rings is 1. The molecule has 3 rings (SSSR count). The fraction of sp³-hybridized carbons (Fsp3) is 0.700. The monoisotopic (exact) mass is 376 g/mol. The van der Waals surface area contributed by atoms with E-state index in [9.17, 15) is 9.59 Å². The van der Waals surface area contributed by atoms with Crippen molar-refractivity contribution in [3.63, 3.8) is 0 Å². The standard InChI is InChI=1S/C20H32N4O3/c1-22(2)10-9-21-19(25)18(16-6-3-4-7-16)23-11-13-24(14-12-23)20(26)17-8-5-15-27-17/h5,8,15-16,18H,3-4,6-7,9-14H2,1-2H3,(H,21,25). The van der Waals surface area contributed by atoms with E-state index in [2.05, 4.69) is 15.1 Å². The number of carbonyl (C=O) groups excluding carboxylic acids is 2. The molecule has 1 aliphatic carbocycles. The Kier molecular flexibility index (Phi) is 6.90. The van der Waals surface area contributed by atoms with Crippen LogP contribution in [0, 0.1) is 5.92 Å². The van der Waals surface area contributed by atoms with Crippen LogP contribution in [0.3, 0.4) is 0 Å². The third kappa shape index (κ3) is 5.11. The number of nitrogens with one attached hydrogen (secondary N) is 1. The molecule has 1 atom stereocenters. The molecule has 0 spiro atoms. The number of carbonyl (C=O) groups is 2. The average Bonchev–Trinajstić information content (AvgIpc) is 3.36. The van der Waals surface area contributed by atoms with Crippen LogP contribution in [0.25, 0.3) is 0 Å². The summed E-state index contributed by atoms with van der Waals surface area (Å²) in [6.45, 7) is 4.24. The van der Waals surface area contributed by atoms with Crippen molar-refractivity contribution in [2.24, 2.45) is 5.92 Å². The van der Waals surface area contributed by atoms with Crippen LogP contribution in [-0.2, 0) is 4.79 Å². The quantitative estimate of drug-likeness (QED) is 0.776. The van der Waals surface area contributed by atoms with Gasteiger partial charge in [-0.2, -0.15) is 0 Å². The molecule has 0 aromatic carbocycles. The Morgan fingerprint density at radius 3 is 2.52 bits per heavy atom. The van der Waals surface area contributed by atoms with E-state index in [4.69, 9.17) is 4.42 Å². The maximum Gasteiger partial charge on any atom is 0.289 e. The van der Waals surface area contributed by atoms with E-state index in [1.165, 1.54) is 19.1 Å². The molecule has 1 saturated heterocycles. The second-order valence-corrected chi connectivity index (χ2v) is 7.89. The first-order valence-electron chi connectivity index (χ1n) is 10.1. The summed E-state index contributed by atoms with van der Waals surface area (Å²) < 4.78 is 5.23. The van der Waals surface area contributed by atoms with Crippen LogP contribution in [-0.4, -0.2) is 85.9 Å². The lowest BCUT2D eigenvalue weighted by molar-refractivity contribution is -0.129. The molecule has 27 heavy (non-hydrogen) atoms. The topological polar surface area (TPSA) is 69.0 Å². The van der Waals surface area contributed by atoms with Gasteiger partial charge in [0.05, 0.1) is 12.3 Å². The summed E-state index contributed by atoms with van der Waals surface area (Å²) in [4.78, 5) is 31.6. The predicted octanol–water partition coefficient (Wildman–Crippen LogP) is 1.27. The third-order valence-corrected chi connectivity index (χ3v) is 5.70. The number of nitrogens with zero attached hydrogens (tertiary/aromatic N) is 3. The van der Waals surface area contributed by atoms with Crippen molar-refractivity contribution in [1.29, 1.82) is 0 Å². The largest absolute Gasteiger partial charge is 0.459 e. The molecule has 2 amide bonds. The average molecular weight is 377 g/mol. The highest BCUT2D eigenvalue weighted by molar-refractivity contribution is 5.91. The van der Waals surface area contributed by atoms with Gasteiger partial charge in [0.1, 0.15) is 0 Å². The van der Waals surface area contributed by atoms with E-state index < -0.39 is 0 Å². The number of piperazine rings is 1. The molecule has 0 bridgehead atoms. The summed E-state index contributed by atoms with van der Waals surface area (Å²) in [6, 6.07) is 3.36. The van der Waals surface area contributed by atoms with E-state index in [0.29, 0.717) is 31.3 Å². The van der Waals surface area contributed by atoms with Gasteiger partial charge in [0, 0.05) is 39.3 Å². The molecule has 7 heteroatoms. The molecule has 1 aromatic rings. The van der Waals surface area contributed by atoms with Gasteiger partial charge >= 0.3 is 0 Å². The summed E-state index contributed by atoms with van der Waals surface area (Å²) in [7, 11) is 4.02. The van der Waals surface area contributed by atoms with Crippen LogP contribution in [0.2, 0.25) is 0 Å². The Bertz CT molecular complexity index is 603. The van der Waals surface area contributed by atoms with Gasteiger partial charge in [0.2, 0.25) is 5.91 Å². The van der Waals surface area contributed by atoms with Gasteiger partial charge in [0.15, 0.2) is 5.76 Å². The number of likely N-dealkylation sites (N-methyl/N-ethyl adjacent to an activating group) is 1. The Morgan fingerprint density at radius 2 is 1.93 bits per heavy atom. The maximum absolute atomic E-state index is 12.9. The second kappa shape index (κ2) is 9.37.